The van der Waals surface area contributed by atoms with E-state index in [9.17, 15) is 13.2 Å². The smallest absolute Gasteiger partial charge is 0.231 e. The molecule has 1 saturated heterocycles. The Morgan fingerprint density at radius 1 is 1.48 bits per heavy atom. The number of ether oxygens (including phenoxy) is 1. The lowest BCUT2D eigenvalue weighted by atomic mass is 10.2. The summed E-state index contributed by atoms with van der Waals surface area (Å²) in [4.78, 5) is 18.1. The van der Waals surface area contributed by atoms with E-state index in [-0.39, 0.29) is 29.7 Å². The van der Waals surface area contributed by atoms with E-state index in [0.717, 1.165) is 6.26 Å². The minimum atomic E-state index is -3.34. The molecule has 1 aromatic heterocycles. The van der Waals surface area contributed by atoms with E-state index in [4.69, 9.17) is 4.74 Å². The molecule has 1 fully saturated rings. The number of carbonyl (C=O) groups is 1. The molecular weight excluding hydrogens is 314 g/mol. The first kappa shape index (κ1) is 16.2. The fourth-order valence-electron chi connectivity index (χ4n) is 2.24. The lowest BCUT2D eigenvalue weighted by Crippen LogP contribution is -2.48. The average molecular weight is 333 g/mol. The van der Waals surface area contributed by atoms with Crippen molar-refractivity contribution in [1.29, 1.82) is 0 Å². The number of carbonyl (C=O) groups excluding carboxylic acids is 1. The molecule has 2 atom stereocenters. The molecule has 0 bridgehead atoms. The van der Waals surface area contributed by atoms with E-state index in [0.29, 0.717) is 18.8 Å². The molecule has 0 saturated carbocycles. The summed E-state index contributed by atoms with van der Waals surface area (Å²) >= 11 is 1.17. The van der Waals surface area contributed by atoms with Crippen LogP contribution in [0.25, 0.3) is 0 Å². The number of aromatic nitrogens is 1. The van der Waals surface area contributed by atoms with Crippen LogP contribution in [0.5, 0.6) is 0 Å². The van der Waals surface area contributed by atoms with Gasteiger partial charge < -0.3 is 9.64 Å². The van der Waals surface area contributed by atoms with Crippen molar-refractivity contribution in [3.05, 3.63) is 11.1 Å². The predicted molar refractivity (Wildman–Crippen MR) is 80.9 cm³/mol. The highest BCUT2D eigenvalue weighted by molar-refractivity contribution is 7.92. The highest BCUT2D eigenvalue weighted by Crippen LogP contribution is 2.18. The first-order valence-electron chi connectivity index (χ1n) is 6.58. The summed E-state index contributed by atoms with van der Waals surface area (Å²) < 4.78 is 30.1. The van der Waals surface area contributed by atoms with Crippen LogP contribution in [0.2, 0.25) is 0 Å². The summed E-state index contributed by atoms with van der Waals surface area (Å²) in [6.45, 7) is 5.02. The van der Waals surface area contributed by atoms with Crippen molar-refractivity contribution in [2.75, 3.05) is 24.1 Å². The van der Waals surface area contributed by atoms with E-state index in [1.807, 2.05) is 13.8 Å². The number of hydrogen-bond donors (Lipinski definition) is 1. The summed E-state index contributed by atoms with van der Waals surface area (Å²) in [5.74, 6) is -0.0202. The van der Waals surface area contributed by atoms with Crippen molar-refractivity contribution < 1.29 is 17.9 Å². The minimum absolute atomic E-state index is 0.0202. The van der Waals surface area contributed by atoms with Crippen molar-refractivity contribution >= 4 is 32.4 Å². The van der Waals surface area contributed by atoms with Crippen LogP contribution in [-0.2, 0) is 26.0 Å². The zero-order valence-electron chi connectivity index (χ0n) is 12.2. The topological polar surface area (TPSA) is 88.6 Å². The number of morpholine rings is 1. The van der Waals surface area contributed by atoms with Crippen LogP contribution in [-0.4, -0.2) is 55.8 Å². The second-order valence-electron chi connectivity index (χ2n) is 5.25. The van der Waals surface area contributed by atoms with Gasteiger partial charge in [0, 0.05) is 18.5 Å². The average Bonchev–Trinajstić information content (AvgIpc) is 2.72. The zero-order valence-corrected chi connectivity index (χ0v) is 13.8. The molecule has 0 spiro atoms. The van der Waals surface area contributed by atoms with Crippen molar-refractivity contribution in [3.8, 4) is 0 Å². The van der Waals surface area contributed by atoms with Gasteiger partial charge >= 0.3 is 0 Å². The zero-order chi connectivity index (χ0) is 15.6. The van der Waals surface area contributed by atoms with Gasteiger partial charge in [0.15, 0.2) is 5.13 Å². The molecule has 0 aliphatic carbocycles. The molecule has 118 valence electrons. The second kappa shape index (κ2) is 6.29. The Morgan fingerprint density at radius 3 is 2.67 bits per heavy atom. The molecule has 2 heterocycles. The SMILES string of the molecule is C[C@H]1CN(C(=O)Cc2csc(NS(C)(=O)=O)n2)C[C@H](C)O1. The van der Waals surface area contributed by atoms with Crippen molar-refractivity contribution in [3.63, 3.8) is 0 Å². The molecule has 1 aromatic rings. The van der Waals surface area contributed by atoms with E-state index >= 15 is 0 Å². The Morgan fingerprint density at radius 2 is 2.10 bits per heavy atom. The molecule has 9 heteroatoms. The Kier molecular flexibility index (Phi) is 4.84. The Bertz CT molecular complexity index is 604. The first-order chi connectivity index (χ1) is 9.73. The summed E-state index contributed by atoms with van der Waals surface area (Å²) in [7, 11) is -3.34. The van der Waals surface area contributed by atoms with E-state index < -0.39 is 10.0 Å². The molecule has 1 aliphatic heterocycles. The highest BCUT2D eigenvalue weighted by atomic mass is 32.2. The monoisotopic (exact) mass is 333 g/mol. The first-order valence-corrected chi connectivity index (χ1v) is 9.35. The number of hydrogen-bond acceptors (Lipinski definition) is 6. The molecule has 0 radical (unpaired) electrons. The molecule has 0 unspecified atom stereocenters. The van der Waals surface area contributed by atoms with Gasteiger partial charge in [-0.25, -0.2) is 13.4 Å². The Balaban J connectivity index is 1.96. The summed E-state index contributed by atoms with van der Waals surface area (Å²) in [6, 6.07) is 0. The van der Waals surface area contributed by atoms with E-state index in [1.54, 1.807) is 10.3 Å². The molecule has 7 nitrogen and oxygen atoms in total. The molecule has 1 N–H and O–H groups in total. The third-order valence-corrected chi connectivity index (χ3v) is 4.43. The normalized spacial score (nSPS) is 23.1. The molecular formula is C12H19N3O4S2. The van der Waals surface area contributed by atoms with Gasteiger partial charge in [0.1, 0.15) is 0 Å². The fourth-order valence-corrected chi connectivity index (χ4v) is 3.80. The minimum Gasteiger partial charge on any atom is -0.372 e. The van der Waals surface area contributed by atoms with E-state index in [2.05, 4.69) is 9.71 Å². The van der Waals surface area contributed by atoms with Crippen molar-refractivity contribution in [2.45, 2.75) is 32.5 Å². The van der Waals surface area contributed by atoms with Gasteiger partial charge in [0.05, 0.1) is 30.6 Å². The van der Waals surface area contributed by atoms with Gasteiger partial charge in [-0.3, -0.25) is 9.52 Å². The van der Waals surface area contributed by atoms with Gasteiger partial charge in [-0.15, -0.1) is 11.3 Å². The van der Waals surface area contributed by atoms with Gasteiger partial charge in [0.2, 0.25) is 15.9 Å². The molecule has 0 aromatic carbocycles. The van der Waals surface area contributed by atoms with Crippen LogP contribution in [0, 0.1) is 0 Å². The Hall–Kier alpha value is -1.19. The van der Waals surface area contributed by atoms with Crippen LogP contribution >= 0.6 is 11.3 Å². The summed E-state index contributed by atoms with van der Waals surface area (Å²) in [6.07, 6.45) is 1.28. The van der Waals surface area contributed by atoms with Crippen LogP contribution in [0.15, 0.2) is 5.38 Å². The quantitative estimate of drug-likeness (QED) is 0.876. The van der Waals surface area contributed by atoms with Gasteiger partial charge in [0.25, 0.3) is 0 Å². The Labute approximate surface area is 128 Å². The molecule has 1 amide bonds. The number of nitrogens with one attached hydrogen (secondary N) is 1. The fraction of sp³-hybridized carbons (Fsp3) is 0.667. The van der Waals surface area contributed by atoms with Crippen LogP contribution in [0.4, 0.5) is 5.13 Å². The summed E-state index contributed by atoms with van der Waals surface area (Å²) in [5, 5.41) is 1.97. The van der Waals surface area contributed by atoms with Crippen LogP contribution in [0.1, 0.15) is 19.5 Å². The van der Waals surface area contributed by atoms with Crippen molar-refractivity contribution in [2.24, 2.45) is 0 Å². The second-order valence-corrected chi connectivity index (χ2v) is 7.86. The van der Waals surface area contributed by atoms with Gasteiger partial charge in [-0.2, -0.15) is 0 Å². The maximum Gasteiger partial charge on any atom is 0.231 e. The molecule has 2 rings (SSSR count). The third-order valence-electron chi connectivity index (χ3n) is 2.93. The van der Waals surface area contributed by atoms with Crippen molar-refractivity contribution in [1.82, 2.24) is 9.88 Å². The maximum absolute atomic E-state index is 12.2. The van der Waals surface area contributed by atoms with Crippen LogP contribution < -0.4 is 4.72 Å². The molecule has 21 heavy (non-hydrogen) atoms. The lowest BCUT2D eigenvalue weighted by molar-refractivity contribution is -0.142. The largest absolute Gasteiger partial charge is 0.372 e. The standard InChI is InChI=1S/C12H19N3O4S2/c1-8-5-15(6-9(2)19-8)11(16)4-10-7-20-12(13-10)14-21(3,17)18/h7-9H,4-6H2,1-3H3,(H,13,14)/t8-,9-/m0/s1. The molecule has 1 aliphatic rings. The van der Waals surface area contributed by atoms with E-state index in [1.165, 1.54) is 11.3 Å². The van der Waals surface area contributed by atoms with Gasteiger partial charge in [-0.1, -0.05) is 0 Å². The van der Waals surface area contributed by atoms with Gasteiger partial charge in [-0.05, 0) is 13.8 Å². The number of sulfonamides is 1. The lowest BCUT2D eigenvalue weighted by Gasteiger charge is -2.35. The predicted octanol–water partition coefficient (Wildman–Crippen LogP) is 0.693. The maximum atomic E-state index is 12.2. The number of anilines is 1. The number of thiazole rings is 1. The third kappa shape index (κ3) is 4.94. The number of rotatable bonds is 4. The summed E-state index contributed by atoms with van der Waals surface area (Å²) in [5.41, 5.74) is 0.572. The number of amides is 1. The van der Waals surface area contributed by atoms with Crippen LogP contribution in [0.3, 0.4) is 0 Å². The highest BCUT2D eigenvalue weighted by Gasteiger charge is 2.26. The number of nitrogens with zero attached hydrogens (tertiary/aromatic N) is 2.